The van der Waals surface area contributed by atoms with Gasteiger partial charge >= 0.3 is 0 Å². The maximum Gasteiger partial charge on any atom is 0.288 e. The lowest BCUT2D eigenvalue weighted by atomic mass is 10.2. The number of guanidine groups is 1. The number of nitrogens with zero attached hydrogens (tertiary/aromatic N) is 3. The zero-order valence-electron chi connectivity index (χ0n) is 14.0. The Hall–Kier alpha value is -4.01. The van der Waals surface area contributed by atoms with Crippen LogP contribution >= 0.6 is 0 Å². The average molecular weight is 362 g/mol. The molecule has 4 rings (SSSR count). The first-order chi connectivity index (χ1) is 13.1. The van der Waals surface area contributed by atoms with Gasteiger partial charge in [-0.15, -0.1) is 0 Å². The molecular weight excluding hydrogens is 348 g/mol. The van der Waals surface area contributed by atoms with Crippen molar-refractivity contribution in [3.8, 4) is 0 Å². The van der Waals surface area contributed by atoms with E-state index in [4.69, 9.17) is 0 Å². The fourth-order valence-electron chi connectivity index (χ4n) is 2.71. The fraction of sp³-hybridized carbons (Fsp3) is 0.0556. The number of benzene rings is 1. The van der Waals surface area contributed by atoms with Crippen molar-refractivity contribution in [2.24, 2.45) is 4.99 Å². The molecule has 1 amide bonds. The Kier molecular flexibility index (Phi) is 4.09. The first kappa shape index (κ1) is 16.5. The first-order valence-electron chi connectivity index (χ1n) is 8.11. The molecule has 0 unspecified atom stereocenters. The molecule has 134 valence electrons. The second-order valence-electron chi connectivity index (χ2n) is 5.87. The van der Waals surface area contributed by atoms with Gasteiger partial charge < -0.3 is 10.3 Å². The van der Waals surface area contributed by atoms with Crippen molar-refractivity contribution in [3.05, 3.63) is 75.7 Å². The number of rotatable bonds is 4. The molecule has 9 nitrogen and oxygen atoms in total. The lowest BCUT2D eigenvalue weighted by Gasteiger charge is -2.04. The van der Waals surface area contributed by atoms with Gasteiger partial charge in [0.15, 0.2) is 0 Å². The summed E-state index contributed by atoms with van der Waals surface area (Å²) in [5.41, 5.74) is 2.24. The summed E-state index contributed by atoms with van der Waals surface area (Å²) in [6, 6.07) is 11.1. The number of aromatic nitrogens is 2. The monoisotopic (exact) mass is 362 g/mol. The maximum absolute atomic E-state index is 12.2. The predicted molar refractivity (Wildman–Crippen MR) is 99.6 cm³/mol. The highest BCUT2D eigenvalue weighted by atomic mass is 16.6. The molecule has 1 aliphatic rings. The Morgan fingerprint density at radius 2 is 2.07 bits per heavy atom. The molecule has 1 aromatic carbocycles. The number of amides is 1. The second-order valence-corrected chi connectivity index (χ2v) is 5.87. The van der Waals surface area contributed by atoms with Gasteiger partial charge in [0.2, 0.25) is 5.96 Å². The minimum atomic E-state index is -0.512. The average Bonchev–Trinajstić information content (AvgIpc) is 3.24. The van der Waals surface area contributed by atoms with Crippen LogP contribution in [0.2, 0.25) is 0 Å². The van der Waals surface area contributed by atoms with Gasteiger partial charge in [0, 0.05) is 29.8 Å². The molecule has 0 spiro atoms. The molecule has 0 atom stereocenters. The summed E-state index contributed by atoms with van der Waals surface area (Å²) < 4.78 is 0. The van der Waals surface area contributed by atoms with Crippen molar-refractivity contribution in [3.63, 3.8) is 0 Å². The van der Waals surface area contributed by atoms with Crippen LogP contribution in [-0.4, -0.2) is 26.8 Å². The van der Waals surface area contributed by atoms with E-state index in [1.54, 1.807) is 12.3 Å². The smallest absolute Gasteiger partial charge is 0.288 e. The van der Waals surface area contributed by atoms with Crippen LogP contribution in [-0.2, 0) is 11.3 Å². The topological polar surface area (TPSA) is 125 Å². The summed E-state index contributed by atoms with van der Waals surface area (Å²) in [7, 11) is 0. The van der Waals surface area contributed by atoms with Crippen LogP contribution in [0.1, 0.15) is 11.1 Å². The third kappa shape index (κ3) is 3.38. The summed E-state index contributed by atoms with van der Waals surface area (Å²) in [4.78, 5) is 33.8. The summed E-state index contributed by atoms with van der Waals surface area (Å²) in [5.74, 6) is 0.0114. The lowest BCUT2D eigenvalue weighted by Crippen LogP contribution is -2.35. The molecule has 9 heteroatoms. The molecule has 3 heterocycles. The zero-order chi connectivity index (χ0) is 18.8. The molecule has 1 aliphatic heterocycles. The van der Waals surface area contributed by atoms with E-state index < -0.39 is 4.92 Å². The van der Waals surface area contributed by atoms with Crippen molar-refractivity contribution >= 4 is 34.7 Å². The number of H-pyrrole nitrogens is 1. The lowest BCUT2D eigenvalue weighted by molar-refractivity contribution is -0.385. The van der Waals surface area contributed by atoms with Crippen molar-refractivity contribution in [2.75, 3.05) is 0 Å². The molecule has 2 aromatic heterocycles. The van der Waals surface area contributed by atoms with E-state index in [1.165, 1.54) is 12.3 Å². The van der Waals surface area contributed by atoms with Crippen LogP contribution in [0.15, 0.2) is 59.5 Å². The maximum atomic E-state index is 12.2. The Balaban J connectivity index is 1.59. The Labute approximate surface area is 153 Å². The van der Waals surface area contributed by atoms with Gasteiger partial charge in [-0.05, 0) is 11.6 Å². The highest BCUT2D eigenvalue weighted by molar-refractivity contribution is 6.14. The van der Waals surface area contributed by atoms with E-state index in [1.807, 2.05) is 30.3 Å². The van der Waals surface area contributed by atoms with Crippen molar-refractivity contribution in [2.45, 2.75) is 6.54 Å². The number of fused-ring (bicyclic) bond motifs is 1. The number of nitrogens with one attached hydrogen (secondary N) is 3. The highest BCUT2D eigenvalue weighted by Gasteiger charge is 2.20. The number of pyridine rings is 1. The van der Waals surface area contributed by atoms with Crippen LogP contribution in [0.3, 0.4) is 0 Å². The molecular formula is C18H14N6O3. The minimum absolute atomic E-state index is 0.119. The van der Waals surface area contributed by atoms with Crippen LogP contribution in [0.5, 0.6) is 0 Å². The van der Waals surface area contributed by atoms with Crippen molar-refractivity contribution in [1.29, 1.82) is 0 Å². The summed E-state index contributed by atoms with van der Waals surface area (Å²) in [6.07, 6.45) is 4.38. The number of carbonyl (C=O) groups is 1. The fourth-order valence-corrected chi connectivity index (χ4v) is 2.71. The molecule has 3 aromatic rings. The number of aliphatic imine (C=N–C) groups is 1. The van der Waals surface area contributed by atoms with Crippen LogP contribution in [0.4, 0.5) is 5.69 Å². The minimum Gasteiger partial charge on any atom is -0.352 e. The van der Waals surface area contributed by atoms with Gasteiger partial charge in [-0.1, -0.05) is 30.3 Å². The standard InChI is InChI=1S/C18H14N6O3/c25-17-15(22-18(23-17)21-8-11-4-2-1-3-5-11)6-12-9-19-16-14(12)7-13(10-20-16)24(26)27/h1-7,9-10H,8H2,(H,19,20)(H2,21,22,23,25)/b15-6-. The molecule has 0 aliphatic carbocycles. The number of carbonyl (C=O) groups excluding carboxylic acids is 1. The van der Waals surface area contributed by atoms with E-state index >= 15 is 0 Å². The second kappa shape index (κ2) is 6.71. The number of nitro groups is 1. The van der Waals surface area contributed by atoms with Crippen molar-refractivity contribution < 1.29 is 9.72 Å². The van der Waals surface area contributed by atoms with E-state index in [0.29, 0.717) is 29.1 Å². The summed E-state index contributed by atoms with van der Waals surface area (Å²) >= 11 is 0. The molecule has 0 saturated heterocycles. The van der Waals surface area contributed by atoms with Gasteiger partial charge in [0.05, 0.1) is 4.92 Å². The van der Waals surface area contributed by atoms with Crippen LogP contribution in [0, 0.1) is 10.1 Å². The van der Waals surface area contributed by atoms with Crippen molar-refractivity contribution in [1.82, 2.24) is 20.6 Å². The third-order valence-electron chi connectivity index (χ3n) is 4.05. The van der Waals surface area contributed by atoms with Gasteiger partial charge in [-0.2, -0.15) is 0 Å². The van der Waals surface area contributed by atoms with Crippen LogP contribution < -0.4 is 10.6 Å². The largest absolute Gasteiger partial charge is 0.352 e. The number of hydrogen-bond donors (Lipinski definition) is 3. The Morgan fingerprint density at radius 3 is 2.85 bits per heavy atom. The van der Waals surface area contributed by atoms with E-state index in [0.717, 1.165) is 5.56 Å². The Bertz CT molecular complexity index is 1100. The summed E-state index contributed by atoms with van der Waals surface area (Å²) in [5, 5.41) is 17.2. The SMILES string of the molecule is O=C1NC(NCc2ccccc2)=N/C1=C\c1c[nH]c2ncc([N+](=O)[O-])cc12. The summed E-state index contributed by atoms with van der Waals surface area (Å²) in [6.45, 7) is 0.524. The number of hydrogen-bond acceptors (Lipinski definition) is 6. The first-order valence-corrected chi connectivity index (χ1v) is 8.11. The van der Waals surface area contributed by atoms with Gasteiger partial charge in [0.25, 0.3) is 11.6 Å². The third-order valence-corrected chi connectivity index (χ3v) is 4.05. The number of aromatic amines is 1. The molecule has 0 fully saturated rings. The van der Waals surface area contributed by atoms with Gasteiger partial charge in [-0.3, -0.25) is 20.2 Å². The van der Waals surface area contributed by atoms with Crippen LogP contribution in [0.25, 0.3) is 17.1 Å². The molecule has 0 radical (unpaired) electrons. The predicted octanol–water partition coefficient (Wildman–Crippen LogP) is 2.09. The molecule has 27 heavy (non-hydrogen) atoms. The van der Waals surface area contributed by atoms with E-state index in [9.17, 15) is 14.9 Å². The molecule has 3 N–H and O–H groups in total. The highest BCUT2D eigenvalue weighted by Crippen LogP contribution is 2.24. The van der Waals surface area contributed by atoms with E-state index in [2.05, 4.69) is 25.6 Å². The normalized spacial score (nSPS) is 15.0. The quantitative estimate of drug-likeness (QED) is 0.372. The van der Waals surface area contributed by atoms with Gasteiger partial charge in [-0.25, -0.2) is 9.98 Å². The molecule has 0 saturated carbocycles. The van der Waals surface area contributed by atoms with Gasteiger partial charge in [0.1, 0.15) is 17.5 Å². The molecule has 0 bridgehead atoms. The van der Waals surface area contributed by atoms with E-state index in [-0.39, 0.29) is 17.3 Å². The Morgan fingerprint density at radius 1 is 1.26 bits per heavy atom. The zero-order valence-corrected chi connectivity index (χ0v) is 14.0.